The fourth-order valence-electron chi connectivity index (χ4n) is 1.94. The van der Waals surface area contributed by atoms with Crippen molar-refractivity contribution in [2.75, 3.05) is 31.1 Å². The Bertz CT molecular complexity index is 370. The lowest BCUT2D eigenvalue weighted by Crippen LogP contribution is -2.40. The highest BCUT2D eigenvalue weighted by Crippen LogP contribution is 2.17. The topological polar surface area (TPSA) is 34.4 Å². The molecule has 0 aromatic heterocycles. The molecular formula is C13H17N2O. The van der Waals surface area contributed by atoms with Crippen LogP contribution in [0.1, 0.15) is 23.7 Å². The molecule has 0 N–H and O–H groups in total. The minimum Gasteiger partial charge on any atom is -0.369 e. The SMILES string of the molecule is CCC(=O)c1cccc(N2CC[N]CC2)c1. The van der Waals surface area contributed by atoms with Crippen molar-refractivity contribution >= 4 is 11.5 Å². The molecule has 1 heterocycles. The minimum absolute atomic E-state index is 0.212. The number of hydrogen-bond acceptors (Lipinski definition) is 2. The molecule has 1 aromatic rings. The molecule has 0 saturated carbocycles. The van der Waals surface area contributed by atoms with Gasteiger partial charge in [0, 0.05) is 43.9 Å². The zero-order valence-corrected chi connectivity index (χ0v) is 9.65. The van der Waals surface area contributed by atoms with Crippen LogP contribution in [-0.4, -0.2) is 32.0 Å². The molecule has 0 bridgehead atoms. The molecule has 0 spiro atoms. The zero-order valence-electron chi connectivity index (χ0n) is 9.65. The lowest BCUT2D eigenvalue weighted by molar-refractivity contribution is 0.0988. The van der Waals surface area contributed by atoms with Crippen molar-refractivity contribution in [3.05, 3.63) is 29.8 Å². The predicted octanol–water partition coefficient (Wildman–Crippen LogP) is 1.70. The third kappa shape index (κ3) is 2.42. The molecule has 1 aliphatic rings. The number of carbonyl (C=O) groups excluding carboxylic acids is 1. The van der Waals surface area contributed by atoms with Crippen LogP contribution < -0.4 is 10.2 Å². The van der Waals surface area contributed by atoms with E-state index < -0.39 is 0 Å². The first-order valence-electron chi connectivity index (χ1n) is 5.82. The Balaban J connectivity index is 2.17. The largest absolute Gasteiger partial charge is 0.369 e. The Kier molecular flexibility index (Phi) is 3.57. The molecule has 1 radical (unpaired) electrons. The first-order chi connectivity index (χ1) is 7.81. The second-order valence-corrected chi connectivity index (χ2v) is 3.98. The van der Waals surface area contributed by atoms with Crippen molar-refractivity contribution in [3.8, 4) is 0 Å². The Morgan fingerprint density at radius 3 is 2.81 bits per heavy atom. The average Bonchev–Trinajstić information content (AvgIpc) is 2.39. The van der Waals surface area contributed by atoms with Gasteiger partial charge in [-0.25, -0.2) is 5.32 Å². The van der Waals surface area contributed by atoms with E-state index in [1.165, 1.54) is 0 Å². The molecule has 3 heteroatoms. The van der Waals surface area contributed by atoms with Gasteiger partial charge in [-0.05, 0) is 12.1 Å². The summed E-state index contributed by atoms with van der Waals surface area (Å²) >= 11 is 0. The predicted molar refractivity (Wildman–Crippen MR) is 65.1 cm³/mol. The summed E-state index contributed by atoms with van der Waals surface area (Å²) in [5.41, 5.74) is 1.97. The highest BCUT2D eigenvalue weighted by atomic mass is 16.1. The van der Waals surface area contributed by atoms with Gasteiger partial charge in [-0.1, -0.05) is 19.1 Å². The summed E-state index contributed by atoms with van der Waals surface area (Å²) in [5.74, 6) is 0.212. The van der Waals surface area contributed by atoms with E-state index in [1.54, 1.807) is 0 Å². The maximum atomic E-state index is 11.6. The molecule has 1 aromatic carbocycles. The summed E-state index contributed by atoms with van der Waals surface area (Å²) in [6.45, 7) is 5.61. The van der Waals surface area contributed by atoms with Crippen molar-refractivity contribution in [2.45, 2.75) is 13.3 Å². The van der Waals surface area contributed by atoms with E-state index in [2.05, 4.69) is 16.3 Å². The van der Waals surface area contributed by atoms with Crippen LogP contribution in [0.15, 0.2) is 24.3 Å². The third-order valence-corrected chi connectivity index (χ3v) is 2.91. The Hall–Kier alpha value is -1.35. The lowest BCUT2D eigenvalue weighted by atomic mass is 10.1. The fourth-order valence-corrected chi connectivity index (χ4v) is 1.94. The minimum atomic E-state index is 0.212. The van der Waals surface area contributed by atoms with Crippen LogP contribution in [0.25, 0.3) is 0 Å². The van der Waals surface area contributed by atoms with E-state index in [4.69, 9.17) is 0 Å². The van der Waals surface area contributed by atoms with E-state index >= 15 is 0 Å². The van der Waals surface area contributed by atoms with E-state index in [0.29, 0.717) is 6.42 Å². The summed E-state index contributed by atoms with van der Waals surface area (Å²) in [6.07, 6.45) is 0.568. The number of benzene rings is 1. The molecule has 0 atom stereocenters. The van der Waals surface area contributed by atoms with Gasteiger partial charge in [0.2, 0.25) is 0 Å². The number of carbonyl (C=O) groups is 1. The Morgan fingerprint density at radius 2 is 2.12 bits per heavy atom. The summed E-state index contributed by atoms with van der Waals surface area (Å²) in [6, 6.07) is 7.92. The highest BCUT2D eigenvalue weighted by Gasteiger charge is 2.12. The van der Waals surface area contributed by atoms with Crippen molar-refractivity contribution in [1.82, 2.24) is 5.32 Å². The molecule has 16 heavy (non-hydrogen) atoms. The van der Waals surface area contributed by atoms with Crippen LogP contribution >= 0.6 is 0 Å². The first-order valence-corrected chi connectivity index (χ1v) is 5.82. The van der Waals surface area contributed by atoms with Gasteiger partial charge in [-0.3, -0.25) is 4.79 Å². The van der Waals surface area contributed by atoms with Gasteiger partial charge in [0.25, 0.3) is 0 Å². The van der Waals surface area contributed by atoms with Gasteiger partial charge in [-0.2, -0.15) is 0 Å². The van der Waals surface area contributed by atoms with Gasteiger partial charge in [0.1, 0.15) is 0 Å². The number of hydrogen-bond donors (Lipinski definition) is 0. The highest BCUT2D eigenvalue weighted by molar-refractivity contribution is 5.96. The smallest absolute Gasteiger partial charge is 0.162 e. The second kappa shape index (κ2) is 5.12. The fraction of sp³-hybridized carbons (Fsp3) is 0.462. The average molecular weight is 217 g/mol. The van der Waals surface area contributed by atoms with Crippen LogP contribution in [-0.2, 0) is 0 Å². The molecule has 0 unspecified atom stereocenters. The zero-order chi connectivity index (χ0) is 11.4. The van der Waals surface area contributed by atoms with Gasteiger partial charge in [-0.15, -0.1) is 0 Å². The van der Waals surface area contributed by atoms with E-state index in [1.807, 2.05) is 25.1 Å². The number of nitrogens with zero attached hydrogens (tertiary/aromatic N) is 2. The molecule has 3 nitrogen and oxygen atoms in total. The molecular weight excluding hydrogens is 200 g/mol. The maximum Gasteiger partial charge on any atom is 0.162 e. The molecule has 1 fully saturated rings. The van der Waals surface area contributed by atoms with Crippen LogP contribution in [0.5, 0.6) is 0 Å². The van der Waals surface area contributed by atoms with Crippen LogP contribution in [0.4, 0.5) is 5.69 Å². The molecule has 85 valence electrons. The van der Waals surface area contributed by atoms with Crippen LogP contribution in [0.2, 0.25) is 0 Å². The summed E-state index contributed by atoms with van der Waals surface area (Å²) in [7, 11) is 0. The van der Waals surface area contributed by atoms with E-state index in [9.17, 15) is 4.79 Å². The number of rotatable bonds is 3. The van der Waals surface area contributed by atoms with Gasteiger partial charge in [0.15, 0.2) is 5.78 Å². The van der Waals surface area contributed by atoms with Crippen molar-refractivity contribution < 1.29 is 4.79 Å². The van der Waals surface area contributed by atoms with Gasteiger partial charge < -0.3 is 4.90 Å². The second-order valence-electron chi connectivity index (χ2n) is 3.98. The number of piperazine rings is 1. The van der Waals surface area contributed by atoms with Gasteiger partial charge >= 0.3 is 0 Å². The van der Waals surface area contributed by atoms with E-state index in [-0.39, 0.29) is 5.78 Å². The number of Topliss-reactive ketones (excluding diaryl/α,β-unsaturated/α-hetero) is 1. The summed E-state index contributed by atoms with van der Waals surface area (Å²) < 4.78 is 0. The van der Waals surface area contributed by atoms with Crippen LogP contribution in [0.3, 0.4) is 0 Å². The van der Waals surface area contributed by atoms with Gasteiger partial charge in [0.05, 0.1) is 0 Å². The van der Waals surface area contributed by atoms with E-state index in [0.717, 1.165) is 37.4 Å². The normalized spacial score (nSPS) is 16.2. The number of anilines is 1. The standard InChI is InChI=1S/C13H17N2O/c1-2-13(16)11-4-3-5-12(10-11)15-8-6-14-7-9-15/h3-5,10H,2,6-9H2,1H3. The van der Waals surface area contributed by atoms with Crippen LogP contribution in [0, 0.1) is 0 Å². The van der Waals surface area contributed by atoms with Crippen molar-refractivity contribution in [2.24, 2.45) is 0 Å². The van der Waals surface area contributed by atoms with Crippen molar-refractivity contribution in [1.29, 1.82) is 0 Å². The summed E-state index contributed by atoms with van der Waals surface area (Å²) in [4.78, 5) is 13.9. The maximum absolute atomic E-state index is 11.6. The molecule has 0 amide bonds. The Labute approximate surface area is 96.5 Å². The molecule has 1 saturated heterocycles. The Morgan fingerprint density at radius 1 is 1.38 bits per heavy atom. The molecule has 2 rings (SSSR count). The molecule has 0 aliphatic carbocycles. The third-order valence-electron chi connectivity index (χ3n) is 2.91. The number of ketones is 1. The quantitative estimate of drug-likeness (QED) is 0.722. The molecule has 1 aliphatic heterocycles. The monoisotopic (exact) mass is 217 g/mol. The summed E-state index contributed by atoms with van der Waals surface area (Å²) in [5, 5.41) is 4.32. The first kappa shape index (κ1) is 11.1. The van der Waals surface area contributed by atoms with Crippen molar-refractivity contribution in [3.63, 3.8) is 0 Å². The lowest BCUT2D eigenvalue weighted by Gasteiger charge is -2.28.